The molecule has 100 valence electrons. The van der Waals surface area contributed by atoms with Crippen molar-refractivity contribution in [1.29, 1.82) is 0 Å². The molecular formula is C16H23BrO. The number of alkyl halides is 1. The summed E-state index contributed by atoms with van der Waals surface area (Å²) in [4.78, 5) is 0. The molecule has 0 amide bonds. The first-order chi connectivity index (χ1) is 8.60. The quantitative estimate of drug-likeness (QED) is 0.701. The van der Waals surface area contributed by atoms with Crippen LogP contribution in [0.1, 0.15) is 49.3 Å². The van der Waals surface area contributed by atoms with Crippen molar-refractivity contribution in [3.05, 3.63) is 28.8 Å². The third-order valence-electron chi connectivity index (χ3n) is 3.92. The molecule has 0 unspecified atom stereocenters. The second-order valence-electron chi connectivity index (χ2n) is 5.69. The van der Waals surface area contributed by atoms with E-state index in [4.69, 9.17) is 4.74 Å². The highest BCUT2D eigenvalue weighted by Crippen LogP contribution is 2.31. The van der Waals surface area contributed by atoms with E-state index in [9.17, 15) is 0 Å². The zero-order valence-electron chi connectivity index (χ0n) is 11.6. The van der Waals surface area contributed by atoms with Crippen LogP contribution in [0.15, 0.2) is 12.1 Å². The number of benzene rings is 1. The first-order valence-electron chi connectivity index (χ1n) is 6.93. The fraction of sp³-hybridized carbons (Fsp3) is 0.625. The maximum atomic E-state index is 6.25. The van der Waals surface area contributed by atoms with Gasteiger partial charge in [0.05, 0.1) is 6.10 Å². The molecule has 1 nitrogen and oxygen atoms in total. The lowest BCUT2D eigenvalue weighted by atomic mass is 9.89. The summed E-state index contributed by atoms with van der Waals surface area (Å²) in [5.74, 6) is 1.99. The summed E-state index contributed by atoms with van der Waals surface area (Å²) in [6.45, 7) is 6.65. The SMILES string of the molecule is Cc1cc(CBr)cc(C)c1OC1CCC(C)CC1. The van der Waals surface area contributed by atoms with Crippen LogP contribution in [0.5, 0.6) is 5.75 Å². The highest BCUT2D eigenvalue weighted by molar-refractivity contribution is 9.08. The minimum absolute atomic E-state index is 0.424. The van der Waals surface area contributed by atoms with Crippen LogP contribution in [0.2, 0.25) is 0 Å². The third kappa shape index (κ3) is 3.28. The molecule has 0 N–H and O–H groups in total. The Bertz CT molecular complexity index is 383. The van der Waals surface area contributed by atoms with E-state index in [0.29, 0.717) is 6.10 Å². The Labute approximate surface area is 119 Å². The number of hydrogen-bond donors (Lipinski definition) is 0. The number of ether oxygens (including phenoxy) is 1. The topological polar surface area (TPSA) is 9.23 Å². The van der Waals surface area contributed by atoms with Crippen molar-refractivity contribution < 1.29 is 4.74 Å². The van der Waals surface area contributed by atoms with Gasteiger partial charge in [-0.1, -0.05) is 35.0 Å². The van der Waals surface area contributed by atoms with Crippen molar-refractivity contribution in [2.45, 2.75) is 57.9 Å². The predicted molar refractivity (Wildman–Crippen MR) is 80.6 cm³/mol. The molecule has 18 heavy (non-hydrogen) atoms. The number of rotatable bonds is 3. The van der Waals surface area contributed by atoms with Crippen LogP contribution in [0.3, 0.4) is 0 Å². The molecular weight excluding hydrogens is 288 g/mol. The van der Waals surface area contributed by atoms with Gasteiger partial charge >= 0.3 is 0 Å². The molecule has 1 aromatic rings. The van der Waals surface area contributed by atoms with E-state index < -0.39 is 0 Å². The van der Waals surface area contributed by atoms with Gasteiger partial charge in [-0.3, -0.25) is 0 Å². The van der Waals surface area contributed by atoms with Crippen LogP contribution in [-0.4, -0.2) is 6.10 Å². The van der Waals surface area contributed by atoms with E-state index in [1.807, 2.05) is 0 Å². The molecule has 0 atom stereocenters. The molecule has 2 heteroatoms. The van der Waals surface area contributed by atoms with Crippen molar-refractivity contribution >= 4 is 15.9 Å². The smallest absolute Gasteiger partial charge is 0.125 e. The van der Waals surface area contributed by atoms with Crippen molar-refractivity contribution in [2.24, 2.45) is 5.92 Å². The van der Waals surface area contributed by atoms with Gasteiger partial charge in [-0.15, -0.1) is 0 Å². The molecule has 0 bridgehead atoms. The molecule has 1 aliphatic rings. The Morgan fingerprint density at radius 3 is 2.17 bits per heavy atom. The number of hydrogen-bond acceptors (Lipinski definition) is 1. The Morgan fingerprint density at radius 1 is 1.11 bits per heavy atom. The molecule has 1 fully saturated rings. The second kappa shape index (κ2) is 6.10. The molecule has 1 aliphatic carbocycles. The van der Waals surface area contributed by atoms with Crippen LogP contribution < -0.4 is 4.74 Å². The third-order valence-corrected chi connectivity index (χ3v) is 4.57. The van der Waals surface area contributed by atoms with E-state index in [1.54, 1.807) is 0 Å². The summed E-state index contributed by atoms with van der Waals surface area (Å²) < 4.78 is 6.25. The summed E-state index contributed by atoms with van der Waals surface area (Å²) in [6, 6.07) is 4.45. The monoisotopic (exact) mass is 310 g/mol. The summed E-state index contributed by atoms with van der Waals surface area (Å²) >= 11 is 3.51. The zero-order valence-corrected chi connectivity index (χ0v) is 13.2. The lowest BCUT2D eigenvalue weighted by molar-refractivity contribution is 0.134. The fourth-order valence-corrected chi connectivity index (χ4v) is 3.14. The normalized spacial score (nSPS) is 24.0. The van der Waals surface area contributed by atoms with Gasteiger partial charge in [0.1, 0.15) is 5.75 Å². The maximum absolute atomic E-state index is 6.25. The zero-order chi connectivity index (χ0) is 13.1. The fourth-order valence-electron chi connectivity index (χ4n) is 2.82. The van der Waals surface area contributed by atoms with Crippen LogP contribution in [0, 0.1) is 19.8 Å². The predicted octanol–water partition coefficient (Wildman–Crippen LogP) is 5.16. The summed E-state index contributed by atoms with van der Waals surface area (Å²) in [5, 5.41) is 0.913. The van der Waals surface area contributed by atoms with E-state index in [0.717, 1.165) is 17.0 Å². The van der Waals surface area contributed by atoms with Gasteiger partial charge in [0.2, 0.25) is 0 Å². The first kappa shape index (κ1) is 13.9. The van der Waals surface area contributed by atoms with Crippen LogP contribution in [0.4, 0.5) is 0 Å². The van der Waals surface area contributed by atoms with E-state index in [-0.39, 0.29) is 0 Å². The Kier molecular flexibility index (Phi) is 4.71. The molecule has 0 radical (unpaired) electrons. The van der Waals surface area contributed by atoms with Gasteiger partial charge in [-0.25, -0.2) is 0 Å². The lowest BCUT2D eigenvalue weighted by Crippen LogP contribution is -2.23. The number of aryl methyl sites for hydroxylation is 2. The van der Waals surface area contributed by atoms with Crippen molar-refractivity contribution in [1.82, 2.24) is 0 Å². The maximum Gasteiger partial charge on any atom is 0.125 e. The van der Waals surface area contributed by atoms with E-state index in [2.05, 4.69) is 48.8 Å². The minimum atomic E-state index is 0.424. The summed E-state index contributed by atoms with van der Waals surface area (Å²) in [6.07, 6.45) is 5.46. The average Bonchev–Trinajstić information content (AvgIpc) is 2.35. The van der Waals surface area contributed by atoms with Gasteiger partial charge in [-0.05, 0) is 62.1 Å². The highest BCUT2D eigenvalue weighted by atomic mass is 79.9. The van der Waals surface area contributed by atoms with Gasteiger partial charge in [0.15, 0.2) is 0 Å². The molecule has 0 aliphatic heterocycles. The standard InChI is InChI=1S/C16H23BrO/c1-11-4-6-15(7-5-11)18-16-12(2)8-14(10-17)9-13(16)3/h8-9,11,15H,4-7,10H2,1-3H3. The first-order valence-corrected chi connectivity index (χ1v) is 8.05. The molecule has 1 aromatic carbocycles. The lowest BCUT2D eigenvalue weighted by Gasteiger charge is -2.28. The van der Waals surface area contributed by atoms with Crippen LogP contribution in [-0.2, 0) is 5.33 Å². The van der Waals surface area contributed by atoms with Gasteiger partial charge in [0.25, 0.3) is 0 Å². The molecule has 0 spiro atoms. The Balaban J connectivity index is 2.09. The van der Waals surface area contributed by atoms with Gasteiger partial charge in [-0.2, -0.15) is 0 Å². The van der Waals surface area contributed by atoms with E-state index >= 15 is 0 Å². The van der Waals surface area contributed by atoms with Crippen molar-refractivity contribution in [2.75, 3.05) is 0 Å². The molecule has 0 aromatic heterocycles. The highest BCUT2D eigenvalue weighted by Gasteiger charge is 2.20. The summed E-state index contributed by atoms with van der Waals surface area (Å²) in [7, 11) is 0. The number of halogens is 1. The second-order valence-corrected chi connectivity index (χ2v) is 6.25. The Morgan fingerprint density at radius 2 is 1.67 bits per heavy atom. The largest absolute Gasteiger partial charge is 0.490 e. The minimum Gasteiger partial charge on any atom is -0.490 e. The molecule has 0 saturated heterocycles. The van der Waals surface area contributed by atoms with Crippen LogP contribution >= 0.6 is 15.9 Å². The van der Waals surface area contributed by atoms with Gasteiger partial charge in [0, 0.05) is 5.33 Å². The average molecular weight is 311 g/mol. The van der Waals surface area contributed by atoms with E-state index in [1.165, 1.54) is 42.4 Å². The summed E-state index contributed by atoms with van der Waals surface area (Å²) in [5.41, 5.74) is 3.86. The molecule has 1 saturated carbocycles. The Hall–Kier alpha value is -0.500. The van der Waals surface area contributed by atoms with Crippen molar-refractivity contribution in [3.63, 3.8) is 0 Å². The molecule has 0 heterocycles. The van der Waals surface area contributed by atoms with Gasteiger partial charge < -0.3 is 4.74 Å². The van der Waals surface area contributed by atoms with Crippen LogP contribution in [0.25, 0.3) is 0 Å². The van der Waals surface area contributed by atoms with Crippen molar-refractivity contribution in [3.8, 4) is 5.75 Å². The molecule has 2 rings (SSSR count).